The predicted octanol–water partition coefficient (Wildman–Crippen LogP) is 5.47. The summed E-state index contributed by atoms with van der Waals surface area (Å²) in [5.74, 6) is -1.52. The number of amides is 2. The third-order valence-corrected chi connectivity index (χ3v) is 11.1. The summed E-state index contributed by atoms with van der Waals surface area (Å²) in [6, 6.07) is 31.5. The third kappa shape index (κ3) is 10.8. The van der Waals surface area contributed by atoms with E-state index < -0.39 is 66.1 Å². The predicted molar refractivity (Wildman–Crippen MR) is 243 cm³/mol. The molecule has 4 atom stereocenters. The number of rotatable bonds is 18. The zero-order chi connectivity index (χ0) is 47.9. The summed E-state index contributed by atoms with van der Waals surface area (Å²) in [6.07, 6.45) is -4.76. The van der Waals surface area contributed by atoms with E-state index in [-0.39, 0.29) is 42.0 Å². The third-order valence-electron chi connectivity index (χ3n) is 11.1. The lowest BCUT2D eigenvalue weighted by molar-refractivity contribution is -0.168. The molecule has 4 N–H and O–H groups in total. The van der Waals surface area contributed by atoms with Gasteiger partial charge in [-0.3, -0.25) is 38.8 Å². The summed E-state index contributed by atoms with van der Waals surface area (Å²) in [7, 11) is 3.13. The molecule has 0 saturated carbocycles. The molecule has 2 amide bonds. The lowest BCUT2D eigenvalue weighted by Crippen LogP contribution is -2.43. The molecule has 0 unspecified atom stereocenters. The number of primary amides is 1. The van der Waals surface area contributed by atoms with Crippen LogP contribution in [0.15, 0.2) is 114 Å². The van der Waals surface area contributed by atoms with Crippen LogP contribution in [-0.2, 0) is 49.1 Å². The number of esters is 2. The number of H-pyrrole nitrogens is 1. The van der Waals surface area contributed by atoms with Crippen molar-refractivity contribution in [3.05, 3.63) is 142 Å². The molecule has 67 heavy (non-hydrogen) atoms. The van der Waals surface area contributed by atoms with Crippen molar-refractivity contribution in [1.29, 1.82) is 0 Å². The van der Waals surface area contributed by atoms with E-state index in [9.17, 15) is 24.0 Å². The summed E-state index contributed by atoms with van der Waals surface area (Å²) in [5.41, 5.74) is 6.19. The summed E-state index contributed by atoms with van der Waals surface area (Å²) >= 11 is 0. The van der Waals surface area contributed by atoms with Crippen LogP contribution in [0.5, 0.6) is 17.2 Å². The van der Waals surface area contributed by atoms with Crippen LogP contribution in [0.3, 0.4) is 0 Å². The molecule has 7 rings (SSSR count). The second-order valence-electron chi connectivity index (χ2n) is 16.7. The van der Waals surface area contributed by atoms with E-state index in [0.29, 0.717) is 33.9 Å². The summed E-state index contributed by atoms with van der Waals surface area (Å²) in [4.78, 5) is 75.9. The fourth-order valence-electron chi connectivity index (χ4n) is 7.78. The number of ether oxygens (including phenoxy) is 7. The molecular formula is C49H52N6O12. The Hall–Kier alpha value is -7.57. The number of imidazole rings is 1. The second kappa shape index (κ2) is 20.3. The number of hydrogen-bond acceptors (Lipinski definition) is 14. The number of fused-ring (bicyclic) bond motifs is 1. The van der Waals surface area contributed by atoms with Gasteiger partial charge in [0.05, 0.1) is 33.6 Å². The zero-order valence-corrected chi connectivity index (χ0v) is 37.8. The van der Waals surface area contributed by atoms with Gasteiger partial charge in [-0.25, -0.2) is 4.98 Å². The molecule has 0 bridgehead atoms. The minimum Gasteiger partial charge on any atom is -0.497 e. The van der Waals surface area contributed by atoms with Crippen LogP contribution in [0.25, 0.3) is 11.2 Å². The van der Waals surface area contributed by atoms with Crippen LogP contribution in [0.1, 0.15) is 69.0 Å². The zero-order valence-electron chi connectivity index (χ0n) is 37.8. The van der Waals surface area contributed by atoms with Gasteiger partial charge in [0.1, 0.15) is 29.0 Å². The first-order chi connectivity index (χ1) is 32.1. The van der Waals surface area contributed by atoms with Crippen LogP contribution >= 0.6 is 0 Å². The number of nitrogens with zero attached hydrogens (tertiary/aromatic N) is 3. The average molecular weight is 917 g/mol. The fraction of sp³-hybridized carbons (Fsp3) is 0.327. The van der Waals surface area contributed by atoms with Gasteiger partial charge < -0.3 is 38.9 Å². The molecule has 1 fully saturated rings. The number of aromatic amines is 1. The summed E-state index contributed by atoms with van der Waals surface area (Å²) in [6.45, 7) is 6.71. The summed E-state index contributed by atoms with van der Waals surface area (Å²) in [5, 5.41) is 2.56. The van der Waals surface area contributed by atoms with Gasteiger partial charge in [0.15, 0.2) is 36.2 Å². The smallest absolute Gasteiger partial charge is 0.306 e. The maximum Gasteiger partial charge on any atom is 0.306 e. The van der Waals surface area contributed by atoms with Crippen molar-refractivity contribution in [3.63, 3.8) is 0 Å². The first kappa shape index (κ1) is 47.4. The van der Waals surface area contributed by atoms with E-state index >= 15 is 0 Å². The number of methoxy groups -OCH3 is 2. The maximum absolute atomic E-state index is 13.4. The van der Waals surface area contributed by atoms with Crippen LogP contribution in [0.4, 0.5) is 5.95 Å². The van der Waals surface area contributed by atoms with Crippen molar-refractivity contribution in [2.45, 2.75) is 76.1 Å². The minimum absolute atomic E-state index is 0.0729. The van der Waals surface area contributed by atoms with Crippen LogP contribution in [0.2, 0.25) is 0 Å². The Kier molecular flexibility index (Phi) is 14.4. The molecule has 2 aromatic heterocycles. The van der Waals surface area contributed by atoms with Crippen LogP contribution in [0, 0.1) is 0 Å². The first-order valence-electron chi connectivity index (χ1n) is 21.4. The number of aromatic nitrogens is 4. The molecule has 0 radical (unpaired) electrons. The highest BCUT2D eigenvalue weighted by Gasteiger charge is 2.52. The quantitative estimate of drug-likeness (QED) is 0.0717. The van der Waals surface area contributed by atoms with Gasteiger partial charge in [0.25, 0.3) is 11.5 Å². The molecule has 18 nitrogen and oxygen atoms in total. The van der Waals surface area contributed by atoms with E-state index in [1.165, 1.54) is 17.8 Å². The molecule has 350 valence electrons. The molecule has 0 aliphatic carbocycles. The fourth-order valence-corrected chi connectivity index (χ4v) is 7.78. The van der Waals surface area contributed by atoms with Gasteiger partial charge in [-0.15, -0.1) is 0 Å². The molecule has 18 heteroatoms. The highest BCUT2D eigenvalue weighted by Crippen LogP contribution is 2.44. The van der Waals surface area contributed by atoms with Gasteiger partial charge in [0.2, 0.25) is 11.9 Å². The molecule has 1 saturated heterocycles. The van der Waals surface area contributed by atoms with E-state index in [0.717, 1.165) is 5.56 Å². The second-order valence-corrected chi connectivity index (χ2v) is 16.7. The topological polar surface area (TPSA) is 235 Å². The largest absolute Gasteiger partial charge is 0.497 e. The van der Waals surface area contributed by atoms with Crippen molar-refractivity contribution in [3.8, 4) is 17.2 Å². The van der Waals surface area contributed by atoms with Crippen molar-refractivity contribution < 1.29 is 52.3 Å². The number of carbonyl (C=O) groups is 4. The van der Waals surface area contributed by atoms with Gasteiger partial charge in [-0.1, -0.05) is 87.5 Å². The Morgan fingerprint density at radius 1 is 0.776 bits per heavy atom. The highest BCUT2D eigenvalue weighted by atomic mass is 16.7. The lowest BCUT2D eigenvalue weighted by atomic mass is 9.80. The number of hydrogen-bond donors (Lipinski definition) is 3. The standard InChI is InChI=1S/C49H52N6O12/c1-29(56)65-43-42(67-40(59)25-24-38(50)57)37(26-64-49(31-10-8-7-9-11-31,32-14-18-34(61-5)19-15-32)33-16-20-35(62-6)21-17-33)66-46(43)55-28-51-41-44(55)53-47(54-45(41)60)52-39(58)27-63-36-22-12-30(13-23-36)48(2,3)4/h7-23,28,37,42-43,46H,24-27H2,1-6H3,(H2,50,57)(H2,52,53,54,58,60)/t37-,42-,43-,46-/m1/s1. The Morgan fingerprint density at radius 2 is 1.36 bits per heavy atom. The number of benzene rings is 4. The summed E-state index contributed by atoms with van der Waals surface area (Å²) < 4.78 is 43.7. The van der Waals surface area contributed by atoms with Crippen LogP contribution in [-0.4, -0.2) is 89.0 Å². The van der Waals surface area contributed by atoms with Gasteiger partial charge >= 0.3 is 11.9 Å². The SMILES string of the molecule is COc1ccc(C(OC[C@H]2O[C@@H](n3cnc4c(=O)[nH]c(NC(=O)COc5ccc(C(C)(C)C)cc5)nc43)[C@H](OC(C)=O)[C@@H]2OC(=O)CCC(N)=O)(c2ccccc2)c2ccc(OC)cc2)cc1. The maximum atomic E-state index is 13.4. The van der Waals surface area contributed by atoms with E-state index in [1.807, 2.05) is 66.7 Å². The highest BCUT2D eigenvalue weighted by molar-refractivity contribution is 5.90. The van der Waals surface area contributed by atoms with Gasteiger partial charge in [-0.05, 0) is 64.1 Å². The normalized spacial score (nSPS) is 17.1. The van der Waals surface area contributed by atoms with Crippen LogP contribution < -0.4 is 30.8 Å². The van der Waals surface area contributed by atoms with Crippen molar-refractivity contribution in [2.24, 2.45) is 5.73 Å². The Bertz CT molecular complexity index is 2700. The van der Waals surface area contributed by atoms with Crippen molar-refractivity contribution in [1.82, 2.24) is 19.5 Å². The number of carbonyl (C=O) groups excluding carboxylic acids is 4. The first-order valence-corrected chi connectivity index (χ1v) is 21.4. The molecule has 1 aliphatic rings. The lowest BCUT2D eigenvalue weighted by Gasteiger charge is -2.37. The number of anilines is 1. The molecule has 6 aromatic rings. The molecule has 3 heterocycles. The Morgan fingerprint density at radius 3 is 1.93 bits per heavy atom. The Labute approximate surface area is 385 Å². The molecular weight excluding hydrogens is 865 g/mol. The van der Waals surface area contributed by atoms with E-state index in [4.69, 9.17) is 38.9 Å². The average Bonchev–Trinajstić information content (AvgIpc) is 3.88. The van der Waals surface area contributed by atoms with Gasteiger partial charge in [0, 0.05) is 13.3 Å². The van der Waals surface area contributed by atoms with E-state index in [1.54, 1.807) is 50.6 Å². The molecule has 0 spiro atoms. The molecule has 4 aromatic carbocycles. The van der Waals surface area contributed by atoms with Crippen molar-refractivity contribution >= 4 is 40.9 Å². The van der Waals surface area contributed by atoms with E-state index in [2.05, 4.69) is 41.0 Å². The monoisotopic (exact) mass is 916 g/mol. The Balaban J connectivity index is 1.25. The number of nitrogens with two attached hydrogens (primary N) is 1. The van der Waals surface area contributed by atoms with Gasteiger partial charge in [-0.2, -0.15) is 4.98 Å². The minimum atomic E-state index is -1.40. The number of nitrogens with one attached hydrogen (secondary N) is 2. The van der Waals surface area contributed by atoms with Crippen molar-refractivity contribution in [2.75, 3.05) is 32.8 Å². The molecule has 1 aliphatic heterocycles.